The molecule has 0 aromatic heterocycles. The van der Waals surface area contributed by atoms with Crippen molar-refractivity contribution in [3.63, 3.8) is 0 Å². The summed E-state index contributed by atoms with van der Waals surface area (Å²) in [5.74, 6) is -1.14. The quantitative estimate of drug-likeness (QED) is 0.656. The van der Waals surface area contributed by atoms with E-state index in [1.54, 1.807) is 12.1 Å². The van der Waals surface area contributed by atoms with Gasteiger partial charge in [0.25, 0.3) is 5.69 Å². The Morgan fingerprint density at radius 3 is 2.62 bits per heavy atom. The van der Waals surface area contributed by atoms with E-state index in [0.717, 1.165) is 24.0 Å². The number of nitrogens with one attached hydrogen (secondary N) is 1. The molecule has 1 aromatic rings. The Kier molecular flexibility index (Phi) is 4.45. The number of rotatable bonds is 4. The molecule has 0 aliphatic heterocycles. The van der Waals surface area contributed by atoms with Crippen molar-refractivity contribution in [2.45, 2.75) is 45.6 Å². The number of hydrogen-bond acceptors (Lipinski definition) is 4. The van der Waals surface area contributed by atoms with Gasteiger partial charge in [0.1, 0.15) is 5.69 Å². The van der Waals surface area contributed by atoms with E-state index in [1.165, 1.54) is 0 Å². The fourth-order valence-electron chi connectivity index (χ4n) is 2.83. The summed E-state index contributed by atoms with van der Waals surface area (Å²) in [6.45, 7) is 3.75. The summed E-state index contributed by atoms with van der Waals surface area (Å²) in [6, 6.07) is 3.31. The Morgan fingerprint density at radius 1 is 1.33 bits per heavy atom. The fourth-order valence-corrected chi connectivity index (χ4v) is 2.83. The molecule has 1 aliphatic rings. The number of carboxylic acid groups (broad SMARTS) is 1. The molecule has 0 amide bonds. The molecule has 0 heterocycles. The lowest BCUT2D eigenvalue weighted by atomic mass is 9.85. The molecule has 2 N–H and O–H groups in total. The van der Waals surface area contributed by atoms with Gasteiger partial charge in [-0.05, 0) is 50.3 Å². The molecule has 1 fully saturated rings. The third kappa shape index (κ3) is 3.51. The van der Waals surface area contributed by atoms with Crippen LogP contribution in [0.1, 0.15) is 36.8 Å². The molecule has 2 atom stereocenters. The first-order chi connectivity index (χ1) is 9.88. The van der Waals surface area contributed by atoms with Crippen LogP contribution >= 0.6 is 0 Å². The van der Waals surface area contributed by atoms with Gasteiger partial charge in [0.15, 0.2) is 0 Å². The van der Waals surface area contributed by atoms with Crippen molar-refractivity contribution in [2.24, 2.45) is 5.92 Å². The lowest BCUT2D eigenvalue weighted by molar-refractivity contribution is -0.384. The molecule has 1 saturated carbocycles. The zero-order valence-electron chi connectivity index (χ0n) is 12.3. The van der Waals surface area contributed by atoms with Gasteiger partial charge >= 0.3 is 5.97 Å². The van der Waals surface area contributed by atoms with Gasteiger partial charge in [-0.15, -0.1) is 0 Å². The van der Waals surface area contributed by atoms with E-state index in [-0.39, 0.29) is 17.6 Å². The maximum Gasteiger partial charge on any atom is 0.306 e. The first-order valence-electron chi connectivity index (χ1n) is 7.13. The van der Waals surface area contributed by atoms with Crippen LogP contribution in [0.5, 0.6) is 0 Å². The summed E-state index contributed by atoms with van der Waals surface area (Å²) in [6.07, 6.45) is 2.86. The molecule has 0 bridgehead atoms. The van der Waals surface area contributed by atoms with E-state index in [1.807, 2.05) is 13.8 Å². The third-order valence-electron chi connectivity index (χ3n) is 4.19. The average Bonchev–Trinajstić information content (AvgIpc) is 2.42. The lowest BCUT2D eigenvalue weighted by Gasteiger charge is -2.28. The van der Waals surface area contributed by atoms with Crippen LogP contribution in [-0.2, 0) is 4.79 Å². The maximum absolute atomic E-state index is 11.2. The monoisotopic (exact) mass is 292 g/mol. The highest BCUT2D eigenvalue weighted by Crippen LogP contribution is 2.32. The zero-order chi connectivity index (χ0) is 15.6. The predicted molar refractivity (Wildman–Crippen MR) is 79.6 cm³/mol. The normalized spacial score (nSPS) is 21.8. The maximum atomic E-state index is 11.2. The topological polar surface area (TPSA) is 92.5 Å². The van der Waals surface area contributed by atoms with Gasteiger partial charge in [0, 0.05) is 12.1 Å². The van der Waals surface area contributed by atoms with Crippen molar-refractivity contribution in [1.29, 1.82) is 0 Å². The Bertz CT molecular complexity index is 571. The second-order valence-corrected chi connectivity index (χ2v) is 5.75. The zero-order valence-corrected chi connectivity index (χ0v) is 12.3. The van der Waals surface area contributed by atoms with Gasteiger partial charge in [0.05, 0.1) is 10.8 Å². The van der Waals surface area contributed by atoms with Crippen LogP contribution in [-0.4, -0.2) is 22.0 Å². The number of carbonyl (C=O) groups is 1. The van der Waals surface area contributed by atoms with E-state index in [9.17, 15) is 14.9 Å². The first kappa shape index (κ1) is 15.3. The number of nitro groups is 1. The predicted octanol–water partition coefficient (Wildman–Crippen LogP) is 3.27. The molecule has 21 heavy (non-hydrogen) atoms. The van der Waals surface area contributed by atoms with Gasteiger partial charge in [0.2, 0.25) is 0 Å². The number of benzene rings is 1. The third-order valence-corrected chi connectivity index (χ3v) is 4.19. The van der Waals surface area contributed by atoms with Gasteiger partial charge in [-0.2, -0.15) is 0 Å². The van der Waals surface area contributed by atoms with Crippen molar-refractivity contribution in [3.8, 4) is 0 Å². The van der Waals surface area contributed by atoms with Crippen molar-refractivity contribution in [1.82, 2.24) is 0 Å². The van der Waals surface area contributed by atoms with E-state index in [4.69, 9.17) is 5.11 Å². The van der Waals surface area contributed by atoms with E-state index >= 15 is 0 Å². The summed E-state index contributed by atoms with van der Waals surface area (Å²) < 4.78 is 0. The molecular weight excluding hydrogens is 272 g/mol. The number of aliphatic carboxylic acids is 1. The molecule has 2 rings (SSSR count). The highest BCUT2D eigenvalue weighted by atomic mass is 16.6. The summed E-state index contributed by atoms with van der Waals surface area (Å²) in [7, 11) is 0. The first-order valence-corrected chi connectivity index (χ1v) is 7.13. The minimum absolute atomic E-state index is 0.0272. The Labute approximate surface area is 123 Å². The van der Waals surface area contributed by atoms with Gasteiger partial charge < -0.3 is 10.4 Å². The second kappa shape index (κ2) is 6.11. The van der Waals surface area contributed by atoms with Crippen LogP contribution in [0.2, 0.25) is 0 Å². The molecule has 6 heteroatoms. The Hall–Kier alpha value is -2.11. The number of nitro benzene ring substituents is 1. The van der Waals surface area contributed by atoms with Crippen LogP contribution in [0.15, 0.2) is 12.1 Å². The Morgan fingerprint density at radius 2 is 2.00 bits per heavy atom. The molecule has 2 unspecified atom stereocenters. The summed E-state index contributed by atoms with van der Waals surface area (Å²) >= 11 is 0. The molecular formula is C15H20N2O4. The lowest BCUT2D eigenvalue weighted by Crippen LogP contribution is -2.31. The minimum Gasteiger partial charge on any atom is -0.481 e. The van der Waals surface area contributed by atoms with Crippen LogP contribution in [0.3, 0.4) is 0 Å². The van der Waals surface area contributed by atoms with E-state index in [2.05, 4.69) is 5.32 Å². The standard InChI is InChI=1S/C15H20N2O4/c1-9-6-13(14(17(20)21)7-10(9)2)16-12-5-3-4-11(8-12)15(18)19/h6-7,11-12,16H,3-5,8H2,1-2H3,(H,18,19). The molecule has 0 spiro atoms. The van der Waals surface area contributed by atoms with Crippen molar-refractivity contribution < 1.29 is 14.8 Å². The summed E-state index contributed by atoms with van der Waals surface area (Å²) in [5, 5.41) is 23.5. The average molecular weight is 292 g/mol. The van der Waals surface area contributed by atoms with Crippen molar-refractivity contribution in [2.75, 3.05) is 5.32 Å². The van der Waals surface area contributed by atoms with Crippen LogP contribution in [0.25, 0.3) is 0 Å². The molecule has 0 saturated heterocycles. The van der Waals surface area contributed by atoms with Crippen LogP contribution < -0.4 is 5.32 Å². The molecule has 0 radical (unpaired) electrons. The molecule has 6 nitrogen and oxygen atoms in total. The number of hydrogen-bond donors (Lipinski definition) is 2. The number of carboxylic acids is 1. The largest absolute Gasteiger partial charge is 0.481 e. The minimum atomic E-state index is -0.781. The summed E-state index contributed by atoms with van der Waals surface area (Å²) in [4.78, 5) is 21.9. The van der Waals surface area contributed by atoms with Crippen LogP contribution in [0, 0.1) is 29.9 Å². The van der Waals surface area contributed by atoms with Gasteiger partial charge in [-0.3, -0.25) is 14.9 Å². The van der Waals surface area contributed by atoms with E-state index in [0.29, 0.717) is 18.5 Å². The SMILES string of the molecule is Cc1cc(NC2CCCC(C(=O)O)C2)c([N+](=O)[O-])cc1C. The molecule has 1 aromatic carbocycles. The molecule has 114 valence electrons. The van der Waals surface area contributed by atoms with Gasteiger partial charge in [-0.25, -0.2) is 0 Å². The second-order valence-electron chi connectivity index (χ2n) is 5.75. The smallest absolute Gasteiger partial charge is 0.306 e. The van der Waals surface area contributed by atoms with Crippen LogP contribution in [0.4, 0.5) is 11.4 Å². The highest BCUT2D eigenvalue weighted by molar-refractivity contribution is 5.70. The number of nitrogens with zero attached hydrogens (tertiary/aromatic N) is 1. The summed E-state index contributed by atoms with van der Waals surface area (Å²) in [5.41, 5.74) is 2.39. The van der Waals surface area contributed by atoms with Crippen molar-refractivity contribution >= 4 is 17.3 Å². The molecule has 1 aliphatic carbocycles. The Balaban J connectivity index is 2.20. The van der Waals surface area contributed by atoms with Crippen molar-refractivity contribution in [3.05, 3.63) is 33.4 Å². The van der Waals surface area contributed by atoms with Gasteiger partial charge in [-0.1, -0.05) is 6.42 Å². The highest BCUT2D eigenvalue weighted by Gasteiger charge is 2.28. The fraction of sp³-hybridized carbons (Fsp3) is 0.533. The van der Waals surface area contributed by atoms with E-state index < -0.39 is 10.9 Å². The number of aryl methyl sites for hydroxylation is 2. The number of anilines is 1.